The van der Waals surface area contributed by atoms with Gasteiger partial charge in [0.15, 0.2) is 0 Å². The molecule has 0 bridgehead atoms. The number of ether oxygens (including phenoxy) is 1. The van der Waals surface area contributed by atoms with Gasteiger partial charge < -0.3 is 20.3 Å². The molecule has 2 amide bonds. The SMILES string of the molecule is CC(C)(CNC(=O)OCc1ccccc1)NCC(=O)N1CCC[C@H]1C#N. The molecule has 1 atom stereocenters. The lowest BCUT2D eigenvalue weighted by molar-refractivity contribution is -0.130. The third-order valence-electron chi connectivity index (χ3n) is 4.33. The number of hydrogen-bond donors (Lipinski definition) is 2. The van der Waals surface area contributed by atoms with Gasteiger partial charge in [-0.2, -0.15) is 5.26 Å². The number of alkyl carbamates (subject to hydrolysis) is 1. The van der Waals surface area contributed by atoms with E-state index < -0.39 is 11.6 Å². The molecule has 1 saturated heterocycles. The summed E-state index contributed by atoms with van der Waals surface area (Å²) in [4.78, 5) is 25.7. The fourth-order valence-electron chi connectivity index (χ4n) is 2.75. The molecule has 1 heterocycles. The zero-order chi connectivity index (χ0) is 19.0. The molecule has 1 aliphatic heterocycles. The van der Waals surface area contributed by atoms with Crippen molar-refractivity contribution in [3.63, 3.8) is 0 Å². The fourth-order valence-corrected chi connectivity index (χ4v) is 2.75. The molecule has 7 heteroatoms. The van der Waals surface area contributed by atoms with Gasteiger partial charge in [0, 0.05) is 18.6 Å². The van der Waals surface area contributed by atoms with Crippen LogP contribution in [0, 0.1) is 11.3 Å². The van der Waals surface area contributed by atoms with E-state index in [2.05, 4.69) is 16.7 Å². The Morgan fingerprint density at radius 3 is 2.77 bits per heavy atom. The van der Waals surface area contributed by atoms with Gasteiger partial charge in [0.1, 0.15) is 12.6 Å². The van der Waals surface area contributed by atoms with Crippen molar-refractivity contribution < 1.29 is 14.3 Å². The quantitative estimate of drug-likeness (QED) is 0.775. The summed E-state index contributed by atoms with van der Waals surface area (Å²) in [5, 5.41) is 14.9. The van der Waals surface area contributed by atoms with Crippen molar-refractivity contribution in [2.45, 2.75) is 44.9 Å². The van der Waals surface area contributed by atoms with Gasteiger partial charge in [-0.1, -0.05) is 30.3 Å². The Balaban J connectivity index is 1.70. The van der Waals surface area contributed by atoms with Gasteiger partial charge in [-0.15, -0.1) is 0 Å². The lowest BCUT2D eigenvalue weighted by atomic mass is 10.1. The van der Waals surface area contributed by atoms with Crippen molar-refractivity contribution in [2.75, 3.05) is 19.6 Å². The number of benzene rings is 1. The summed E-state index contributed by atoms with van der Waals surface area (Å²) >= 11 is 0. The second-order valence-corrected chi connectivity index (χ2v) is 7.03. The Kier molecular flexibility index (Phi) is 6.98. The Labute approximate surface area is 154 Å². The standard InChI is InChI=1S/C19H26N4O3/c1-19(2,22-12-17(24)23-10-6-9-16(23)11-20)14-21-18(25)26-13-15-7-4-3-5-8-15/h3-5,7-8,16,22H,6,9-10,12-14H2,1-2H3,(H,21,25)/t16-/m0/s1. The summed E-state index contributed by atoms with van der Waals surface area (Å²) in [6, 6.07) is 11.3. The highest BCUT2D eigenvalue weighted by molar-refractivity contribution is 5.79. The molecule has 1 fully saturated rings. The molecule has 1 aromatic carbocycles. The third kappa shape index (κ3) is 6.05. The maximum Gasteiger partial charge on any atom is 0.407 e. The molecule has 2 rings (SSSR count). The highest BCUT2D eigenvalue weighted by atomic mass is 16.5. The van der Waals surface area contributed by atoms with E-state index in [4.69, 9.17) is 10.00 Å². The van der Waals surface area contributed by atoms with Crippen LogP contribution in [0.15, 0.2) is 30.3 Å². The van der Waals surface area contributed by atoms with Crippen LogP contribution in [0.1, 0.15) is 32.3 Å². The van der Waals surface area contributed by atoms with Gasteiger partial charge >= 0.3 is 6.09 Å². The molecule has 0 radical (unpaired) electrons. The summed E-state index contributed by atoms with van der Waals surface area (Å²) in [7, 11) is 0. The molecule has 1 aromatic rings. The Morgan fingerprint density at radius 1 is 1.35 bits per heavy atom. The van der Waals surface area contributed by atoms with Crippen molar-refractivity contribution in [1.82, 2.24) is 15.5 Å². The van der Waals surface area contributed by atoms with Crippen LogP contribution < -0.4 is 10.6 Å². The molecule has 140 valence electrons. The molecule has 0 aromatic heterocycles. The number of nitriles is 1. The zero-order valence-corrected chi connectivity index (χ0v) is 15.3. The van der Waals surface area contributed by atoms with E-state index in [1.807, 2.05) is 44.2 Å². The summed E-state index contributed by atoms with van der Waals surface area (Å²) < 4.78 is 5.17. The van der Waals surface area contributed by atoms with Crippen LogP contribution in [0.4, 0.5) is 4.79 Å². The minimum Gasteiger partial charge on any atom is -0.445 e. The van der Waals surface area contributed by atoms with Crippen LogP contribution >= 0.6 is 0 Å². The average Bonchev–Trinajstić information content (AvgIpc) is 3.12. The first-order valence-electron chi connectivity index (χ1n) is 8.80. The molecule has 7 nitrogen and oxygen atoms in total. The van der Waals surface area contributed by atoms with E-state index in [1.165, 1.54) is 0 Å². The van der Waals surface area contributed by atoms with E-state index in [0.717, 1.165) is 18.4 Å². The number of rotatable bonds is 7. The highest BCUT2D eigenvalue weighted by Crippen LogP contribution is 2.16. The van der Waals surface area contributed by atoms with Crippen molar-refractivity contribution in [1.29, 1.82) is 5.26 Å². The van der Waals surface area contributed by atoms with Crippen LogP contribution in [-0.2, 0) is 16.1 Å². The van der Waals surface area contributed by atoms with Crippen LogP contribution in [-0.4, -0.2) is 48.1 Å². The largest absolute Gasteiger partial charge is 0.445 e. The van der Waals surface area contributed by atoms with E-state index in [-0.39, 0.29) is 25.1 Å². The number of nitrogens with zero attached hydrogens (tertiary/aromatic N) is 2. The normalized spacial score (nSPS) is 16.8. The number of likely N-dealkylation sites (tertiary alicyclic amines) is 1. The molecular formula is C19H26N4O3. The van der Waals surface area contributed by atoms with Crippen molar-refractivity contribution in [2.24, 2.45) is 0 Å². The molecule has 2 N–H and O–H groups in total. The average molecular weight is 358 g/mol. The minimum absolute atomic E-state index is 0.0891. The minimum atomic E-state index is -0.501. The molecule has 26 heavy (non-hydrogen) atoms. The van der Waals surface area contributed by atoms with Gasteiger partial charge in [-0.3, -0.25) is 4.79 Å². The first-order valence-corrected chi connectivity index (χ1v) is 8.80. The molecule has 0 aliphatic carbocycles. The first kappa shape index (κ1) is 19.7. The Morgan fingerprint density at radius 2 is 2.08 bits per heavy atom. The summed E-state index contributed by atoms with van der Waals surface area (Å²) in [6.45, 7) is 5.07. The maximum absolute atomic E-state index is 12.3. The predicted octanol–water partition coefficient (Wildman–Crippen LogP) is 1.80. The lowest BCUT2D eigenvalue weighted by Gasteiger charge is -2.28. The van der Waals surface area contributed by atoms with Gasteiger partial charge in [-0.25, -0.2) is 4.79 Å². The van der Waals surface area contributed by atoms with E-state index in [9.17, 15) is 9.59 Å². The molecule has 0 saturated carbocycles. The predicted molar refractivity (Wildman–Crippen MR) is 97.1 cm³/mol. The van der Waals surface area contributed by atoms with Crippen molar-refractivity contribution in [3.05, 3.63) is 35.9 Å². The second-order valence-electron chi connectivity index (χ2n) is 7.03. The van der Waals surface area contributed by atoms with Crippen molar-refractivity contribution in [3.8, 4) is 6.07 Å². The summed E-state index contributed by atoms with van der Waals surface area (Å²) in [5.74, 6) is -0.0891. The van der Waals surface area contributed by atoms with Gasteiger partial charge in [0.2, 0.25) is 5.91 Å². The maximum atomic E-state index is 12.3. The van der Waals surface area contributed by atoms with Crippen LogP contribution in [0.2, 0.25) is 0 Å². The smallest absolute Gasteiger partial charge is 0.407 e. The van der Waals surface area contributed by atoms with Gasteiger partial charge in [0.05, 0.1) is 12.6 Å². The number of nitrogens with one attached hydrogen (secondary N) is 2. The second kappa shape index (κ2) is 9.20. The summed E-state index contributed by atoms with van der Waals surface area (Å²) in [6.07, 6.45) is 1.10. The molecule has 0 spiro atoms. The van der Waals surface area contributed by atoms with Crippen LogP contribution in [0.5, 0.6) is 0 Å². The topological polar surface area (TPSA) is 94.5 Å². The molecule has 1 aliphatic rings. The number of carbonyl (C=O) groups is 2. The monoisotopic (exact) mass is 358 g/mol. The Hall–Kier alpha value is -2.59. The highest BCUT2D eigenvalue weighted by Gasteiger charge is 2.29. The molecular weight excluding hydrogens is 332 g/mol. The fraction of sp³-hybridized carbons (Fsp3) is 0.526. The van der Waals surface area contributed by atoms with Gasteiger partial charge in [-0.05, 0) is 32.3 Å². The Bertz CT molecular complexity index is 654. The molecule has 0 unspecified atom stereocenters. The third-order valence-corrected chi connectivity index (χ3v) is 4.33. The number of hydrogen-bond acceptors (Lipinski definition) is 5. The van der Waals surface area contributed by atoms with Crippen LogP contribution in [0.3, 0.4) is 0 Å². The van der Waals surface area contributed by atoms with E-state index >= 15 is 0 Å². The van der Waals surface area contributed by atoms with Crippen molar-refractivity contribution >= 4 is 12.0 Å². The number of carbonyl (C=O) groups excluding carboxylic acids is 2. The van der Waals surface area contributed by atoms with E-state index in [0.29, 0.717) is 13.1 Å². The lowest BCUT2D eigenvalue weighted by Crippen LogP contribution is -2.52. The van der Waals surface area contributed by atoms with Crippen LogP contribution in [0.25, 0.3) is 0 Å². The first-order chi connectivity index (χ1) is 12.4. The summed E-state index contributed by atoms with van der Waals surface area (Å²) in [5.41, 5.74) is 0.437. The van der Waals surface area contributed by atoms with E-state index in [1.54, 1.807) is 4.90 Å². The number of amides is 2. The zero-order valence-electron chi connectivity index (χ0n) is 15.3. The van der Waals surface area contributed by atoms with Gasteiger partial charge in [0.25, 0.3) is 0 Å².